The Morgan fingerprint density at radius 1 is 0.736 bits per heavy atom. The van der Waals surface area contributed by atoms with Gasteiger partial charge in [-0.3, -0.25) is 9.36 Å². The maximum Gasteiger partial charge on any atom is 0.261 e. The van der Waals surface area contributed by atoms with Crippen molar-refractivity contribution in [2.45, 2.75) is 161 Å². The Kier molecular flexibility index (Phi) is 16.7. The number of nitriles is 1. The Bertz CT molecular complexity index is 1640. The van der Waals surface area contributed by atoms with Crippen LogP contribution in [0.4, 0.5) is 5.69 Å². The van der Waals surface area contributed by atoms with E-state index >= 15 is 0 Å². The van der Waals surface area contributed by atoms with Crippen LogP contribution in [-0.4, -0.2) is 58.4 Å². The van der Waals surface area contributed by atoms with Gasteiger partial charge in [-0.2, -0.15) is 5.26 Å². The van der Waals surface area contributed by atoms with Crippen LogP contribution in [0.25, 0.3) is 22.3 Å². The molecule has 1 aromatic heterocycles. The van der Waals surface area contributed by atoms with E-state index in [9.17, 15) is 15.2 Å². The van der Waals surface area contributed by atoms with Crippen LogP contribution in [0, 0.1) is 16.7 Å². The number of anilines is 1. The second kappa shape index (κ2) is 21.6. The Morgan fingerprint density at radius 3 is 1.94 bits per heavy atom. The number of aromatic nitrogens is 2. The van der Waals surface area contributed by atoms with Crippen LogP contribution >= 0.6 is 0 Å². The molecule has 2 atom stereocenters. The largest absolute Gasteiger partial charge is 0.396 e. The number of aliphatic hydroxyl groups is 1. The van der Waals surface area contributed by atoms with Gasteiger partial charge in [0.25, 0.3) is 5.56 Å². The molecule has 2 fully saturated rings. The van der Waals surface area contributed by atoms with Gasteiger partial charge in [0.2, 0.25) is 0 Å². The molecule has 5 rings (SSSR count). The third kappa shape index (κ3) is 12.7. The summed E-state index contributed by atoms with van der Waals surface area (Å²) in [7, 11) is 0. The van der Waals surface area contributed by atoms with Gasteiger partial charge in [0, 0.05) is 55.5 Å². The minimum absolute atomic E-state index is 0.0544. The minimum atomic E-state index is -0.523. The zero-order valence-corrected chi connectivity index (χ0v) is 33.3. The first kappa shape index (κ1) is 41.0. The standard InChI is InChI=1S/C46H69N5O2/c1-46(2,37-52)36-51-44(39-24-22-23-38(33-39)35-47)48-43-27-26-41(34-42(43)45(51)53)50-32-31-49-29-21-19-17-15-13-11-9-7-5-3-4-6-8-10-12-14-16-18-20-25-40(50)28-30-49/h22-24,26-27,33-34,40,52H,3-21,25,28-32,36-37H2,1-2H3. The third-order valence-electron chi connectivity index (χ3n) is 11.9. The highest BCUT2D eigenvalue weighted by atomic mass is 16.3. The molecule has 7 heteroatoms. The molecule has 3 heterocycles. The van der Waals surface area contributed by atoms with Gasteiger partial charge in [0.05, 0.1) is 22.5 Å². The van der Waals surface area contributed by atoms with Gasteiger partial charge in [0.15, 0.2) is 0 Å². The first-order valence-corrected chi connectivity index (χ1v) is 21.5. The molecule has 0 amide bonds. The van der Waals surface area contributed by atoms with Crippen LogP contribution in [-0.2, 0) is 6.54 Å². The Balaban J connectivity index is 1.36. The number of fused-ring (bicyclic) bond motifs is 4. The molecule has 0 aliphatic carbocycles. The number of nitrogens with zero attached hydrogens (tertiary/aromatic N) is 5. The zero-order chi connectivity index (χ0) is 37.3. The monoisotopic (exact) mass is 724 g/mol. The third-order valence-corrected chi connectivity index (χ3v) is 11.9. The van der Waals surface area contributed by atoms with Gasteiger partial charge in [-0.1, -0.05) is 142 Å². The van der Waals surface area contributed by atoms with E-state index in [1.807, 2.05) is 32.0 Å². The first-order chi connectivity index (χ1) is 25.9. The quantitative estimate of drug-likeness (QED) is 0.282. The topological polar surface area (TPSA) is 85.4 Å². The lowest BCUT2D eigenvalue weighted by molar-refractivity contribution is 0.140. The highest BCUT2D eigenvalue weighted by Crippen LogP contribution is 2.30. The molecule has 0 spiro atoms. The van der Waals surface area contributed by atoms with E-state index in [4.69, 9.17) is 4.98 Å². The van der Waals surface area contributed by atoms with Crippen molar-refractivity contribution >= 4 is 16.6 Å². The fourth-order valence-electron chi connectivity index (χ4n) is 8.58. The van der Waals surface area contributed by atoms with Gasteiger partial charge >= 0.3 is 0 Å². The van der Waals surface area contributed by atoms with Crippen LogP contribution in [0.1, 0.15) is 154 Å². The predicted molar refractivity (Wildman–Crippen MR) is 222 cm³/mol. The van der Waals surface area contributed by atoms with E-state index in [-0.39, 0.29) is 12.2 Å². The number of benzene rings is 2. The van der Waals surface area contributed by atoms with Crippen LogP contribution in [0.5, 0.6) is 0 Å². The Morgan fingerprint density at radius 2 is 1.34 bits per heavy atom. The van der Waals surface area contributed by atoms with Crippen molar-refractivity contribution in [1.82, 2.24) is 14.5 Å². The molecule has 3 aromatic rings. The lowest BCUT2D eigenvalue weighted by Crippen LogP contribution is -2.37. The molecule has 53 heavy (non-hydrogen) atoms. The Hall–Kier alpha value is -3.21. The summed E-state index contributed by atoms with van der Waals surface area (Å²) in [4.78, 5) is 24.8. The SMILES string of the molecule is CC(C)(CO)Cn1c(-c2cccc(C#N)c2)nc2ccc(N3CCN4CCCCCCCCCCCCCCCCCCCCCC3CC4)cc2c1=O. The number of rotatable bonds is 5. The van der Waals surface area contributed by atoms with Crippen molar-refractivity contribution < 1.29 is 5.11 Å². The van der Waals surface area contributed by atoms with Crippen molar-refractivity contribution in [3.8, 4) is 17.5 Å². The van der Waals surface area contributed by atoms with Crippen LogP contribution < -0.4 is 10.5 Å². The molecule has 2 aliphatic heterocycles. The average molecular weight is 724 g/mol. The number of hydrogen-bond acceptors (Lipinski definition) is 6. The van der Waals surface area contributed by atoms with Crippen LogP contribution in [0.3, 0.4) is 0 Å². The molecule has 1 N–H and O–H groups in total. The second-order valence-corrected chi connectivity index (χ2v) is 17.0. The summed E-state index contributed by atoms with van der Waals surface area (Å²) in [5.74, 6) is 0.534. The van der Waals surface area contributed by atoms with Gasteiger partial charge < -0.3 is 14.9 Å². The molecule has 0 saturated carbocycles. The van der Waals surface area contributed by atoms with E-state index in [1.54, 1.807) is 16.7 Å². The van der Waals surface area contributed by atoms with E-state index in [0.717, 1.165) is 37.3 Å². The average Bonchev–Trinajstić information content (AvgIpc) is 3.38. The lowest BCUT2D eigenvalue weighted by Gasteiger charge is -2.32. The molecule has 7 nitrogen and oxygen atoms in total. The molecule has 0 radical (unpaired) electrons. The summed E-state index contributed by atoms with van der Waals surface area (Å²) in [5.41, 5.74) is 2.42. The molecule has 2 unspecified atom stereocenters. The van der Waals surface area contributed by atoms with Crippen LogP contribution in [0.2, 0.25) is 0 Å². The highest BCUT2D eigenvalue weighted by Gasteiger charge is 2.26. The van der Waals surface area contributed by atoms with Crippen molar-refractivity contribution in [2.75, 3.05) is 37.7 Å². The maximum atomic E-state index is 14.5. The van der Waals surface area contributed by atoms with E-state index in [0.29, 0.717) is 34.9 Å². The van der Waals surface area contributed by atoms with E-state index in [2.05, 4.69) is 28.0 Å². The summed E-state index contributed by atoms with van der Waals surface area (Å²) in [6.45, 7) is 8.54. The summed E-state index contributed by atoms with van der Waals surface area (Å²) in [5, 5.41) is 20.4. The van der Waals surface area contributed by atoms with E-state index < -0.39 is 5.41 Å². The molecular weight excluding hydrogens is 655 g/mol. The Labute approximate surface area is 320 Å². The van der Waals surface area contributed by atoms with Gasteiger partial charge in [0.1, 0.15) is 5.82 Å². The van der Waals surface area contributed by atoms with E-state index in [1.165, 1.54) is 135 Å². The summed E-state index contributed by atoms with van der Waals surface area (Å²) >= 11 is 0. The molecule has 290 valence electrons. The molecule has 2 aliphatic rings. The number of hydrogen-bond donors (Lipinski definition) is 1. The molecular formula is C46H69N5O2. The van der Waals surface area contributed by atoms with Gasteiger partial charge in [-0.15, -0.1) is 0 Å². The minimum Gasteiger partial charge on any atom is -0.396 e. The summed E-state index contributed by atoms with van der Waals surface area (Å²) in [6.07, 6.45) is 28.6. The fourth-order valence-corrected chi connectivity index (χ4v) is 8.58. The maximum absolute atomic E-state index is 14.5. The summed E-state index contributed by atoms with van der Waals surface area (Å²) in [6, 6.07) is 16.2. The summed E-state index contributed by atoms with van der Waals surface area (Å²) < 4.78 is 1.72. The molecule has 2 bridgehead atoms. The van der Waals surface area contributed by atoms with Gasteiger partial charge in [-0.05, 0) is 56.1 Å². The van der Waals surface area contributed by atoms with Crippen molar-refractivity contribution in [3.63, 3.8) is 0 Å². The second-order valence-electron chi connectivity index (χ2n) is 17.0. The number of aliphatic hydroxyl groups excluding tert-OH is 1. The van der Waals surface area contributed by atoms with Crippen molar-refractivity contribution in [2.24, 2.45) is 5.41 Å². The zero-order valence-electron chi connectivity index (χ0n) is 33.3. The molecule has 2 saturated heterocycles. The fraction of sp³-hybridized carbons (Fsp3) is 0.674. The smallest absolute Gasteiger partial charge is 0.261 e. The highest BCUT2D eigenvalue weighted by molar-refractivity contribution is 5.83. The van der Waals surface area contributed by atoms with Crippen molar-refractivity contribution in [1.29, 1.82) is 5.26 Å². The molecule has 2 aromatic carbocycles. The first-order valence-electron chi connectivity index (χ1n) is 21.5. The normalized spacial score (nSPS) is 21.7. The van der Waals surface area contributed by atoms with Crippen LogP contribution in [0.15, 0.2) is 47.3 Å². The lowest BCUT2D eigenvalue weighted by atomic mass is 9.94. The van der Waals surface area contributed by atoms with Crippen molar-refractivity contribution in [3.05, 3.63) is 58.4 Å². The predicted octanol–water partition coefficient (Wildman–Crippen LogP) is 10.6. The van der Waals surface area contributed by atoms with Gasteiger partial charge in [-0.25, -0.2) is 4.98 Å².